The molecule has 4 heteroatoms. The molecule has 1 aliphatic carbocycles. The molecule has 106 valence electrons. The van der Waals surface area contributed by atoms with E-state index in [0.717, 1.165) is 16.6 Å². The number of nitrogens with one attached hydrogen (secondary N) is 1. The fourth-order valence-electron chi connectivity index (χ4n) is 2.54. The fourth-order valence-corrected chi connectivity index (χ4v) is 2.91. The Morgan fingerprint density at radius 2 is 2.11 bits per heavy atom. The molecule has 1 aliphatic rings. The summed E-state index contributed by atoms with van der Waals surface area (Å²) in [5, 5.41) is 3.25. The molecule has 0 saturated heterocycles. The lowest BCUT2D eigenvalue weighted by Gasteiger charge is -2.43. The number of rotatable bonds is 5. The van der Waals surface area contributed by atoms with Crippen LogP contribution in [0.15, 0.2) is 22.7 Å². The molecule has 1 fully saturated rings. The maximum absolute atomic E-state index is 6.15. The minimum absolute atomic E-state index is 0.133. The van der Waals surface area contributed by atoms with Crippen LogP contribution in [0.1, 0.15) is 31.7 Å². The minimum Gasteiger partial charge on any atom is -0.487 e. The second-order valence-electron chi connectivity index (χ2n) is 5.32. The number of hydrogen-bond acceptors (Lipinski definition) is 3. The van der Waals surface area contributed by atoms with Gasteiger partial charge < -0.3 is 14.8 Å². The minimum atomic E-state index is 0.133. The van der Waals surface area contributed by atoms with Crippen molar-refractivity contribution in [3.63, 3.8) is 0 Å². The molecule has 0 spiro atoms. The maximum atomic E-state index is 6.15. The van der Waals surface area contributed by atoms with E-state index in [0.29, 0.717) is 12.0 Å². The zero-order chi connectivity index (χ0) is 14.0. The zero-order valence-electron chi connectivity index (χ0n) is 11.9. The van der Waals surface area contributed by atoms with Gasteiger partial charge in [0.1, 0.15) is 18.0 Å². The summed E-state index contributed by atoms with van der Waals surface area (Å²) in [5.74, 6) is 1.41. The molecule has 1 N–H and O–H groups in total. The van der Waals surface area contributed by atoms with Crippen molar-refractivity contribution in [2.24, 2.45) is 0 Å². The van der Waals surface area contributed by atoms with Gasteiger partial charge in [0.2, 0.25) is 0 Å². The summed E-state index contributed by atoms with van der Waals surface area (Å²) in [6.07, 6.45) is 1.26. The Morgan fingerprint density at radius 1 is 1.37 bits per heavy atom. The van der Waals surface area contributed by atoms with Gasteiger partial charge in [-0.1, -0.05) is 29.8 Å². The number of hydrogen-bond donors (Lipinski definition) is 1. The van der Waals surface area contributed by atoms with E-state index in [2.05, 4.69) is 41.2 Å². The van der Waals surface area contributed by atoms with Gasteiger partial charge in [-0.3, -0.25) is 0 Å². The molecule has 0 heterocycles. The molecule has 19 heavy (non-hydrogen) atoms. The Labute approximate surface area is 123 Å². The highest BCUT2D eigenvalue weighted by molar-refractivity contribution is 9.10. The third-order valence-corrected chi connectivity index (χ3v) is 4.26. The summed E-state index contributed by atoms with van der Waals surface area (Å²) in [7, 11) is 3.71. The molecule has 1 aromatic carbocycles. The quantitative estimate of drug-likeness (QED) is 0.899. The predicted molar refractivity (Wildman–Crippen MR) is 80.9 cm³/mol. The van der Waals surface area contributed by atoms with Crippen molar-refractivity contribution in [2.45, 2.75) is 44.4 Å². The third-order valence-electron chi connectivity index (χ3n) is 3.76. The van der Waals surface area contributed by atoms with E-state index in [4.69, 9.17) is 9.47 Å². The van der Waals surface area contributed by atoms with Crippen molar-refractivity contribution >= 4 is 15.9 Å². The van der Waals surface area contributed by atoms with Gasteiger partial charge in [-0.15, -0.1) is 0 Å². The average Bonchev–Trinajstić information content (AvgIpc) is 2.35. The Kier molecular flexibility index (Phi) is 4.87. The second-order valence-corrected chi connectivity index (χ2v) is 6.24. The van der Waals surface area contributed by atoms with Gasteiger partial charge in [0.25, 0.3) is 0 Å². The van der Waals surface area contributed by atoms with Gasteiger partial charge >= 0.3 is 0 Å². The van der Waals surface area contributed by atoms with Crippen LogP contribution in [-0.4, -0.2) is 32.4 Å². The third kappa shape index (κ3) is 3.12. The standard InChI is InChI=1S/C15H22BrNO2/c1-9(2)11-7-10(16)5-6-13(11)19-14-8-12(17-3)15(14)18-4/h5-7,9,12,14-15,17H,8H2,1-4H3. The fraction of sp³-hybridized carbons (Fsp3) is 0.600. The largest absolute Gasteiger partial charge is 0.487 e. The van der Waals surface area contributed by atoms with Crippen molar-refractivity contribution in [2.75, 3.05) is 14.2 Å². The van der Waals surface area contributed by atoms with Crippen molar-refractivity contribution in [1.29, 1.82) is 0 Å². The Bertz CT molecular complexity index is 436. The van der Waals surface area contributed by atoms with Crippen LogP contribution in [0.2, 0.25) is 0 Å². The zero-order valence-corrected chi connectivity index (χ0v) is 13.5. The Morgan fingerprint density at radius 3 is 2.68 bits per heavy atom. The molecule has 0 aliphatic heterocycles. The normalized spacial score (nSPS) is 26.3. The molecule has 2 rings (SSSR count). The van der Waals surface area contributed by atoms with Gasteiger partial charge in [-0.05, 0) is 36.7 Å². The van der Waals surface area contributed by atoms with Crippen molar-refractivity contribution < 1.29 is 9.47 Å². The molecule has 0 amide bonds. The molecule has 1 aromatic rings. The van der Waals surface area contributed by atoms with Crippen LogP contribution in [0.4, 0.5) is 0 Å². The molecule has 1 saturated carbocycles. The molecule has 0 radical (unpaired) electrons. The van der Waals surface area contributed by atoms with Crippen LogP contribution in [-0.2, 0) is 4.74 Å². The van der Waals surface area contributed by atoms with Crippen LogP contribution in [0.3, 0.4) is 0 Å². The number of likely N-dealkylation sites (N-methyl/N-ethyl adjacent to an activating group) is 1. The summed E-state index contributed by atoms with van der Waals surface area (Å²) in [6.45, 7) is 4.36. The number of benzene rings is 1. The smallest absolute Gasteiger partial charge is 0.128 e. The molecule has 3 nitrogen and oxygen atoms in total. The van der Waals surface area contributed by atoms with Crippen molar-refractivity contribution in [1.82, 2.24) is 5.32 Å². The number of halogens is 1. The molecule has 3 atom stereocenters. The van der Waals surface area contributed by atoms with Crippen LogP contribution in [0.5, 0.6) is 5.75 Å². The second kappa shape index (κ2) is 6.25. The van der Waals surface area contributed by atoms with E-state index in [9.17, 15) is 0 Å². The van der Waals surface area contributed by atoms with Gasteiger partial charge in [-0.2, -0.15) is 0 Å². The first kappa shape index (κ1) is 14.8. The van der Waals surface area contributed by atoms with Gasteiger partial charge in [0.05, 0.1) is 0 Å². The van der Waals surface area contributed by atoms with Crippen LogP contribution in [0.25, 0.3) is 0 Å². The first-order chi connectivity index (χ1) is 9.06. The predicted octanol–water partition coefficient (Wildman–Crippen LogP) is 3.33. The molecule has 0 aromatic heterocycles. The monoisotopic (exact) mass is 327 g/mol. The summed E-state index contributed by atoms with van der Waals surface area (Å²) in [6, 6.07) is 6.60. The summed E-state index contributed by atoms with van der Waals surface area (Å²) in [5.41, 5.74) is 1.23. The summed E-state index contributed by atoms with van der Waals surface area (Å²) >= 11 is 3.52. The van der Waals surface area contributed by atoms with Crippen LogP contribution >= 0.6 is 15.9 Å². The van der Waals surface area contributed by atoms with Gasteiger partial charge in [0.15, 0.2) is 0 Å². The lowest BCUT2D eigenvalue weighted by molar-refractivity contribution is -0.0872. The molecule has 3 unspecified atom stereocenters. The van der Waals surface area contributed by atoms with E-state index in [-0.39, 0.29) is 12.2 Å². The van der Waals surface area contributed by atoms with Crippen molar-refractivity contribution in [3.05, 3.63) is 28.2 Å². The van der Waals surface area contributed by atoms with Gasteiger partial charge in [0, 0.05) is 24.0 Å². The Hall–Kier alpha value is -0.580. The lowest BCUT2D eigenvalue weighted by atomic mass is 9.85. The number of ether oxygens (including phenoxy) is 2. The topological polar surface area (TPSA) is 30.5 Å². The first-order valence-electron chi connectivity index (χ1n) is 6.73. The highest BCUT2D eigenvalue weighted by Crippen LogP contribution is 2.34. The Balaban J connectivity index is 2.12. The van der Waals surface area contributed by atoms with Gasteiger partial charge in [-0.25, -0.2) is 0 Å². The summed E-state index contributed by atoms with van der Waals surface area (Å²) < 4.78 is 12.7. The maximum Gasteiger partial charge on any atom is 0.128 e. The van der Waals surface area contributed by atoms with E-state index >= 15 is 0 Å². The first-order valence-corrected chi connectivity index (χ1v) is 7.52. The van der Waals surface area contributed by atoms with Crippen LogP contribution < -0.4 is 10.1 Å². The summed E-state index contributed by atoms with van der Waals surface area (Å²) in [4.78, 5) is 0. The average molecular weight is 328 g/mol. The van der Waals surface area contributed by atoms with E-state index in [1.54, 1.807) is 7.11 Å². The molecular weight excluding hydrogens is 306 g/mol. The highest BCUT2D eigenvalue weighted by atomic mass is 79.9. The lowest BCUT2D eigenvalue weighted by Crippen LogP contribution is -2.60. The van der Waals surface area contributed by atoms with E-state index in [1.807, 2.05) is 19.2 Å². The SMILES string of the molecule is CNC1CC(Oc2ccc(Br)cc2C(C)C)C1OC. The highest BCUT2D eigenvalue weighted by Gasteiger charge is 2.42. The van der Waals surface area contributed by atoms with Crippen molar-refractivity contribution in [3.8, 4) is 5.75 Å². The molecular formula is C15H22BrNO2. The number of methoxy groups -OCH3 is 1. The van der Waals surface area contributed by atoms with E-state index < -0.39 is 0 Å². The van der Waals surface area contributed by atoms with E-state index in [1.165, 1.54) is 5.56 Å². The molecule has 0 bridgehead atoms. The van der Waals surface area contributed by atoms with Crippen LogP contribution in [0, 0.1) is 0 Å².